The average Bonchev–Trinajstić information content (AvgIpc) is 2.74. The molecule has 4 rings (SSSR count). The van der Waals surface area contributed by atoms with E-state index in [2.05, 4.69) is 30.0 Å². The lowest BCUT2D eigenvalue weighted by atomic mass is 9.93. The van der Waals surface area contributed by atoms with Gasteiger partial charge in [0.05, 0.1) is 12.8 Å². The third-order valence-corrected chi connectivity index (χ3v) is 5.62. The molecule has 5 heteroatoms. The summed E-state index contributed by atoms with van der Waals surface area (Å²) in [6, 6.07) is 16.7. The summed E-state index contributed by atoms with van der Waals surface area (Å²) in [6.45, 7) is 3.88. The van der Waals surface area contributed by atoms with Crippen LogP contribution in [0.4, 0.5) is 0 Å². The second-order valence-corrected chi connectivity index (χ2v) is 7.84. The van der Waals surface area contributed by atoms with Gasteiger partial charge in [0.25, 0.3) is 0 Å². The Balaban J connectivity index is 1.32. The van der Waals surface area contributed by atoms with Crippen LogP contribution in [0.3, 0.4) is 0 Å². The van der Waals surface area contributed by atoms with Gasteiger partial charge in [0, 0.05) is 24.4 Å². The molecule has 0 bridgehead atoms. The van der Waals surface area contributed by atoms with Crippen LogP contribution in [0.15, 0.2) is 65.9 Å². The molecule has 2 aromatic carbocycles. The number of hydrazone groups is 1. The molecule has 2 unspecified atom stereocenters. The smallest absolute Gasteiger partial charge is 0.184 e. The Morgan fingerprint density at radius 2 is 2.00 bits per heavy atom. The fraction of sp³-hybridized carbons (Fsp3) is 0.333. The molecule has 29 heavy (non-hydrogen) atoms. The Morgan fingerprint density at radius 1 is 1.17 bits per heavy atom. The number of nitrogens with zero attached hydrogens (tertiary/aromatic N) is 3. The number of Topliss-reactive ketones (excluding diaryl/α,β-unsaturated/α-hetero) is 1. The van der Waals surface area contributed by atoms with E-state index in [-0.39, 0.29) is 18.4 Å². The van der Waals surface area contributed by atoms with Crippen molar-refractivity contribution in [3.63, 3.8) is 0 Å². The summed E-state index contributed by atoms with van der Waals surface area (Å²) in [6.07, 6.45) is 6.33. The molecule has 0 saturated carbocycles. The van der Waals surface area contributed by atoms with Gasteiger partial charge in [-0.3, -0.25) is 14.7 Å². The number of ether oxygens (including phenoxy) is 1. The minimum Gasteiger partial charge on any atom is -0.364 e. The van der Waals surface area contributed by atoms with Crippen LogP contribution in [0.25, 0.3) is 0 Å². The second-order valence-electron chi connectivity index (χ2n) is 7.84. The maximum Gasteiger partial charge on any atom is 0.184 e. The number of benzene rings is 2. The van der Waals surface area contributed by atoms with Crippen molar-refractivity contribution in [1.82, 2.24) is 9.91 Å². The van der Waals surface area contributed by atoms with E-state index in [0.29, 0.717) is 12.6 Å². The molecule has 0 fully saturated rings. The van der Waals surface area contributed by atoms with Gasteiger partial charge in [-0.05, 0) is 49.2 Å². The number of carbonyl (C=O) groups is 1. The van der Waals surface area contributed by atoms with Gasteiger partial charge >= 0.3 is 0 Å². The summed E-state index contributed by atoms with van der Waals surface area (Å²) < 4.78 is 5.84. The van der Waals surface area contributed by atoms with Crippen molar-refractivity contribution in [3.8, 4) is 0 Å². The van der Waals surface area contributed by atoms with E-state index in [9.17, 15) is 4.79 Å². The number of carbonyl (C=O) groups excluding carboxylic acids is 1. The molecule has 2 atom stereocenters. The molecule has 0 aromatic heterocycles. The minimum absolute atomic E-state index is 0.0690. The largest absolute Gasteiger partial charge is 0.364 e. The normalized spacial score (nSPS) is 21.2. The van der Waals surface area contributed by atoms with Gasteiger partial charge in [-0.2, -0.15) is 5.10 Å². The zero-order chi connectivity index (χ0) is 20.2. The zero-order valence-corrected chi connectivity index (χ0v) is 17.0. The Bertz CT molecular complexity index is 909. The maximum atomic E-state index is 12.7. The molecule has 0 aliphatic carbocycles. The number of fused-ring (bicyclic) bond motifs is 1. The maximum absolute atomic E-state index is 12.7. The number of hydrogen-bond acceptors (Lipinski definition) is 5. The lowest BCUT2D eigenvalue weighted by molar-refractivity contribution is 0.0940. The highest BCUT2D eigenvalue weighted by molar-refractivity contribution is 5.98. The van der Waals surface area contributed by atoms with Gasteiger partial charge in [0.15, 0.2) is 5.78 Å². The van der Waals surface area contributed by atoms with Crippen molar-refractivity contribution in [3.05, 3.63) is 83.1 Å². The molecule has 5 nitrogen and oxygen atoms in total. The fourth-order valence-electron chi connectivity index (χ4n) is 3.67. The number of likely N-dealkylation sites (N-methyl/N-ethyl adjacent to an activating group) is 1. The molecule has 0 saturated heterocycles. The summed E-state index contributed by atoms with van der Waals surface area (Å²) in [5.41, 5.74) is 4.47. The highest BCUT2D eigenvalue weighted by Gasteiger charge is 2.21. The SMILES string of the molecule is CC1Cc2ccc(C(=O)CN3C=CC(OCc4ccccc4)C=N3)cc2CN1C. The van der Waals surface area contributed by atoms with Crippen molar-refractivity contribution in [2.24, 2.45) is 5.10 Å². The fourth-order valence-corrected chi connectivity index (χ4v) is 3.67. The summed E-state index contributed by atoms with van der Waals surface area (Å²) in [5.74, 6) is 0.0690. The average molecular weight is 389 g/mol. The quantitative estimate of drug-likeness (QED) is 0.708. The second kappa shape index (κ2) is 8.72. The van der Waals surface area contributed by atoms with E-state index in [1.54, 1.807) is 11.2 Å². The molecular formula is C24H27N3O2. The van der Waals surface area contributed by atoms with Gasteiger partial charge in [-0.1, -0.05) is 42.5 Å². The Kier molecular flexibility index (Phi) is 5.88. The van der Waals surface area contributed by atoms with E-state index in [4.69, 9.17) is 4.74 Å². The highest BCUT2D eigenvalue weighted by Crippen LogP contribution is 2.23. The molecule has 2 aromatic rings. The number of hydrogen-bond donors (Lipinski definition) is 0. The molecule has 2 heterocycles. The van der Waals surface area contributed by atoms with Crippen molar-refractivity contribution >= 4 is 12.0 Å². The summed E-state index contributed by atoms with van der Waals surface area (Å²) in [4.78, 5) is 15.1. The van der Waals surface area contributed by atoms with E-state index in [1.807, 2.05) is 54.7 Å². The van der Waals surface area contributed by atoms with Crippen LogP contribution in [0.5, 0.6) is 0 Å². The molecule has 2 aliphatic rings. The summed E-state index contributed by atoms with van der Waals surface area (Å²) in [5, 5.41) is 6.03. The summed E-state index contributed by atoms with van der Waals surface area (Å²) >= 11 is 0. The standard InChI is InChI=1S/C24H27N3O2/c1-18-12-20-8-9-21(13-22(20)15-26(18)2)24(28)16-27-11-10-23(14-25-27)29-17-19-6-4-3-5-7-19/h3-11,13-14,18,23H,12,15-17H2,1-2H3. The lowest BCUT2D eigenvalue weighted by Crippen LogP contribution is -2.35. The Morgan fingerprint density at radius 3 is 2.76 bits per heavy atom. The van der Waals surface area contributed by atoms with Crippen LogP contribution in [0, 0.1) is 0 Å². The van der Waals surface area contributed by atoms with E-state index < -0.39 is 0 Å². The van der Waals surface area contributed by atoms with Crippen LogP contribution < -0.4 is 0 Å². The van der Waals surface area contributed by atoms with Crippen LogP contribution >= 0.6 is 0 Å². The number of ketones is 1. The Hall–Kier alpha value is -2.76. The molecular weight excluding hydrogens is 362 g/mol. The van der Waals surface area contributed by atoms with Crippen LogP contribution in [0.2, 0.25) is 0 Å². The predicted octanol–water partition coefficient (Wildman–Crippen LogP) is 3.65. The van der Waals surface area contributed by atoms with E-state index in [0.717, 1.165) is 24.1 Å². The van der Waals surface area contributed by atoms with Crippen molar-refractivity contribution in [2.75, 3.05) is 13.6 Å². The molecule has 0 radical (unpaired) electrons. The third kappa shape index (κ3) is 4.81. The van der Waals surface area contributed by atoms with Gasteiger partial charge in [0.1, 0.15) is 12.6 Å². The van der Waals surface area contributed by atoms with Gasteiger partial charge < -0.3 is 4.74 Å². The van der Waals surface area contributed by atoms with E-state index >= 15 is 0 Å². The first kappa shape index (κ1) is 19.6. The van der Waals surface area contributed by atoms with Crippen LogP contribution in [-0.2, 0) is 24.3 Å². The molecule has 0 N–H and O–H groups in total. The van der Waals surface area contributed by atoms with Crippen LogP contribution in [-0.4, -0.2) is 47.6 Å². The van der Waals surface area contributed by atoms with Crippen molar-refractivity contribution in [2.45, 2.75) is 38.6 Å². The first-order valence-corrected chi connectivity index (χ1v) is 10.1. The summed E-state index contributed by atoms with van der Waals surface area (Å²) in [7, 11) is 2.13. The predicted molar refractivity (Wildman–Crippen MR) is 115 cm³/mol. The monoisotopic (exact) mass is 389 g/mol. The Labute approximate surface area is 172 Å². The molecule has 150 valence electrons. The lowest BCUT2D eigenvalue weighted by Gasteiger charge is -2.31. The van der Waals surface area contributed by atoms with Gasteiger partial charge in [-0.25, -0.2) is 0 Å². The number of rotatable bonds is 6. The molecule has 0 spiro atoms. The first-order valence-electron chi connectivity index (χ1n) is 10.1. The topological polar surface area (TPSA) is 45.1 Å². The first-order chi connectivity index (χ1) is 14.1. The van der Waals surface area contributed by atoms with Crippen molar-refractivity contribution in [1.29, 1.82) is 0 Å². The van der Waals surface area contributed by atoms with Gasteiger partial charge in [-0.15, -0.1) is 0 Å². The van der Waals surface area contributed by atoms with E-state index in [1.165, 1.54) is 11.1 Å². The van der Waals surface area contributed by atoms with Crippen molar-refractivity contribution < 1.29 is 9.53 Å². The highest BCUT2D eigenvalue weighted by atomic mass is 16.5. The third-order valence-electron chi connectivity index (χ3n) is 5.62. The zero-order valence-electron chi connectivity index (χ0n) is 17.0. The van der Waals surface area contributed by atoms with Gasteiger partial charge in [0.2, 0.25) is 0 Å². The molecule has 2 aliphatic heterocycles. The minimum atomic E-state index is -0.178. The van der Waals surface area contributed by atoms with Crippen LogP contribution in [0.1, 0.15) is 34.0 Å². The molecule has 0 amide bonds.